The number of hydrogen-bond donors (Lipinski definition) is 0. The van der Waals surface area contributed by atoms with Gasteiger partial charge in [0, 0.05) is 34.0 Å². The number of imide groups is 1. The van der Waals surface area contributed by atoms with Gasteiger partial charge in [-0.1, -0.05) is 66.8 Å². The van der Waals surface area contributed by atoms with Gasteiger partial charge in [-0.2, -0.15) is 0 Å². The maximum atomic E-state index is 13.3. The summed E-state index contributed by atoms with van der Waals surface area (Å²) in [4.78, 5) is 27.7. The Balaban J connectivity index is 1.69. The first-order valence-electron chi connectivity index (χ1n) is 11.3. The highest BCUT2D eigenvalue weighted by molar-refractivity contribution is 6.35. The van der Waals surface area contributed by atoms with Crippen molar-refractivity contribution in [3.8, 4) is 0 Å². The number of amides is 2. The van der Waals surface area contributed by atoms with E-state index in [1.54, 1.807) is 6.07 Å². The zero-order valence-electron chi connectivity index (χ0n) is 18.4. The lowest BCUT2D eigenvalue weighted by molar-refractivity contribution is -0.143. The molecular formula is C26H28Cl3NO2. The molecular weight excluding hydrogens is 465 g/mol. The number of rotatable bonds is 5. The normalized spacial score (nSPS) is 25.3. The SMILES string of the molecule is CC(C)CCC(=O)N1CC2C(CCC(c3ccc(Cl)cc3Cl)C2c2ccc(Cl)cc2)C1=O. The minimum atomic E-state index is -0.138. The zero-order valence-corrected chi connectivity index (χ0v) is 20.6. The van der Waals surface area contributed by atoms with Crippen LogP contribution >= 0.6 is 34.8 Å². The van der Waals surface area contributed by atoms with Gasteiger partial charge < -0.3 is 0 Å². The van der Waals surface area contributed by atoms with E-state index in [1.165, 1.54) is 4.90 Å². The number of likely N-dealkylation sites (tertiary alicyclic amines) is 1. The summed E-state index contributed by atoms with van der Waals surface area (Å²) in [6.07, 6.45) is 2.79. The fraction of sp³-hybridized carbons (Fsp3) is 0.462. The van der Waals surface area contributed by atoms with E-state index >= 15 is 0 Å². The predicted octanol–water partition coefficient (Wildman–Crippen LogP) is 7.35. The van der Waals surface area contributed by atoms with E-state index in [4.69, 9.17) is 34.8 Å². The molecule has 0 radical (unpaired) electrons. The van der Waals surface area contributed by atoms with Gasteiger partial charge >= 0.3 is 0 Å². The lowest BCUT2D eigenvalue weighted by Gasteiger charge is -2.39. The van der Waals surface area contributed by atoms with Gasteiger partial charge in [0.2, 0.25) is 11.8 Å². The largest absolute Gasteiger partial charge is 0.282 e. The third-order valence-electron chi connectivity index (χ3n) is 7.03. The summed E-state index contributed by atoms with van der Waals surface area (Å²) < 4.78 is 0. The summed E-state index contributed by atoms with van der Waals surface area (Å²) in [7, 11) is 0. The molecule has 2 aromatic rings. The Bertz CT molecular complexity index is 1000. The summed E-state index contributed by atoms with van der Waals surface area (Å²) in [5.41, 5.74) is 2.18. The van der Waals surface area contributed by atoms with Crippen LogP contribution in [0, 0.1) is 17.8 Å². The minimum Gasteiger partial charge on any atom is -0.282 e. The molecule has 1 aliphatic carbocycles. The quantitative estimate of drug-likeness (QED) is 0.437. The summed E-state index contributed by atoms with van der Waals surface area (Å²) in [6, 6.07) is 13.5. The van der Waals surface area contributed by atoms with E-state index in [2.05, 4.69) is 13.8 Å². The van der Waals surface area contributed by atoms with Crippen molar-refractivity contribution in [2.24, 2.45) is 17.8 Å². The van der Waals surface area contributed by atoms with Gasteiger partial charge in [-0.3, -0.25) is 14.5 Å². The molecule has 4 unspecified atom stereocenters. The van der Waals surface area contributed by atoms with Gasteiger partial charge in [0.25, 0.3) is 0 Å². The van der Waals surface area contributed by atoms with Crippen molar-refractivity contribution >= 4 is 46.6 Å². The first-order valence-corrected chi connectivity index (χ1v) is 12.4. The van der Waals surface area contributed by atoms with Crippen LogP contribution in [0.25, 0.3) is 0 Å². The molecule has 1 heterocycles. The second-order valence-corrected chi connectivity index (χ2v) is 10.8. The maximum absolute atomic E-state index is 13.3. The Morgan fingerprint density at radius 2 is 1.66 bits per heavy atom. The topological polar surface area (TPSA) is 37.4 Å². The summed E-state index contributed by atoms with van der Waals surface area (Å²) in [5, 5.41) is 1.93. The Kier molecular flexibility index (Phi) is 7.19. The number of carbonyl (C=O) groups is 2. The highest BCUT2D eigenvalue weighted by atomic mass is 35.5. The monoisotopic (exact) mass is 491 g/mol. The van der Waals surface area contributed by atoms with Crippen LogP contribution in [0.5, 0.6) is 0 Å². The molecule has 1 saturated heterocycles. The lowest BCUT2D eigenvalue weighted by atomic mass is 9.63. The van der Waals surface area contributed by atoms with E-state index in [-0.39, 0.29) is 35.5 Å². The van der Waals surface area contributed by atoms with Crippen LogP contribution in [-0.2, 0) is 9.59 Å². The predicted molar refractivity (Wildman–Crippen MR) is 130 cm³/mol. The molecule has 3 nitrogen and oxygen atoms in total. The molecule has 1 aliphatic heterocycles. The Hall–Kier alpha value is -1.55. The molecule has 0 N–H and O–H groups in total. The van der Waals surface area contributed by atoms with Crippen LogP contribution in [0.3, 0.4) is 0 Å². The first kappa shape index (κ1) is 23.6. The number of hydrogen-bond acceptors (Lipinski definition) is 2. The lowest BCUT2D eigenvalue weighted by Crippen LogP contribution is -2.33. The third-order valence-corrected chi connectivity index (χ3v) is 7.84. The fourth-order valence-corrected chi connectivity index (χ4v) is 6.11. The van der Waals surface area contributed by atoms with Crippen molar-refractivity contribution in [1.82, 2.24) is 4.90 Å². The highest BCUT2D eigenvalue weighted by Crippen LogP contribution is 2.54. The Morgan fingerprint density at radius 1 is 1.00 bits per heavy atom. The summed E-state index contributed by atoms with van der Waals surface area (Å²) in [5.74, 6) is 0.491. The average molecular weight is 493 g/mol. The molecule has 6 heteroatoms. The minimum absolute atomic E-state index is 0.0108. The van der Waals surface area contributed by atoms with Crippen molar-refractivity contribution in [3.05, 3.63) is 68.7 Å². The van der Waals surface area contributed by atoms with E-state index in [1.807, 2.05) is 36.4 Å². The maximum Gasteiger partial charge on any atom is 0.232 e. The molecule has 2 aliphatic rings. The molecule has 2 amide bonds. The van der Waals surface area contributed by atoms with Crippen LogP contribution in [0.15, 0.2) is 42.5 Å². The highest BCUT2D eigenvalue weighted by Gasteiger charge is 2.51. The van der Waals surface area contributed by atoms with Gasteiger partial charge in [0.05, 0.1) is 0 Å². The second kappa shape index (κ2) is 9.75. The second-order valence-electron chi connectivity index (χ2n) is 9.47. The van der Waals surface area contributed by atoms with Crippen molar-refractivity contribution in [3.63, 3.8) is 0 Å². The Morgan fingerprint density at radius 3 is 2.31 bits per heavy atom. The average Bonchev–Trinajstić information content (AvgIpc) is 3.09. The van der Waals surface area contributed by atoms with Gasteiger partial charge in [0.1, 0.15) is 0 Å². The zero-order chi connectivity index (χ0) is 23.0. The Labute approximate surface area is 205 Å². The van der Waals surface area contributed by atoms with Crippen molar-refractivity contribution in [2.45, 2.75) is 51.4 Å². The van der Waals surface area contributed by atoms with Gasteiger partial charge in [-0.15, -0.1) is 0 Å². The smallest absolute Gasteiger partial charge is 0.232 e. The molecule has 4 atom stereocenters. The molecule has 0 spiro atoms. The number of halogens is 3. The number of nitrogens with zero attached hydrogens (tertiary/aromatic N) is 1. The molecule has 4 rings (SSSR count). The number of carbonyl (C=O) groups excluding carboxylic acids is 2. The van der Waals surface area contributed by atoms with E-state index in [9.17, 15) is 9.59 Å². The molecule has 0 bridgehead atoms. The van der Waals surface area contributed by atoms with Crippen molar-refractivity contribution in [1.29, 1.82) is 0 Å². The van der Waals surface area contributed by atoms with Crippen LogP contribution in [0.1, 0.15) is 62.5 Å². The molecule has 32 heavy (non-hydrogen) atoms. The first-order chi connectivity index (χ1) is 15.3. The van der Waals surface area contributed by atoms with Gasteiger partial charge in [0.15, 0.2) is 0 Å². The fourth-order valence-electron chi connectivity index (χ4n) is 5.44. The number of benzene rings is 2. The summed E-state index contributed by atoms with van der Waals surface area (Å²) >= 11 is 18.9. The third kappa shape index (κ3) is 4.71. The van der Waals surface area contributed by atoms with Gasteiger partial charge in [-0.05, 0) is 78.3 Å². The van der Waals surface area contributed by atoms with E-state index < -0.39 is 0 Å². The number of fused-ring (bicyclic) bond motifs is 1. The van der Waals surface area contributed by atoms with E-state index in [0.717, 1.165) is 30.4 Å². The van der Waals surface area contributed by atoms with Crippen LogP contribution in [0.2, 0.25) is 15.1 Å². The summed E-state index contributed by atoms with van der Waals surface area (Å²) in [6.45, 7) is 4.65. The molecule has 170 valence electrons. The van der Waals surface area contributed by atoms with Crippen LogP contribution < -0.4 is 0 Å². The van der Waals surface area contributed by atoms with E-state index in [0.29, 0.717) is 34.0 Å². The standard InChI is InChI=1S/C26H28Cl3NO2/c1-15(2)3-12-24(31)30-14-22-21(26(30)32)11-10-20(19-9-8-18(28)13-23(19)29)25(22)16-4-6-17(27)7-5-16/h4-9,13,15,20-22,25H,3,10-12,14H2,1-2H3. The molecule has 1 saturated carbocycles. The molecule has 0 aromatic heterocycles. The van der Waals surface area contributed by atoms with Crippen molar-refractivity contribution in [2.75, 3.05) is 6.54 Å². The van der Waals surface area contributed by atoms with Crippen molar-refractivity contribution < 1.29 is 9.59 Å². The molecule has 2 fully saturated rings. The van der Waals surface area contributed by atoms with Crippen LogP contribution in [-0.4, -0.2) is 23.3 Å². The van der Waals surface area contributed by atoms with Crippen LogP contribution in [0.4, 0.5) is 0 Å². The molecule has 2 aromatic carbocycles. The van der Waals surface area contributed by atoms with Gasteiger partial charge in [-0.25, -0.2) is 0 Å².